The zero-order chi connectivity index (χ0) is 20.4. The molecule has 10 heteroatoms. The SMILES string of the molecule is C[C@H]1CCCn2cnnc2-c2cccc(n2)NC(=O)c2cc(B(O)O)ccc2O1. The number of anilines is 1. The van der Waals surface area contributed by atoms with Crippen LogP contribution in [0.25, 0.3) is 11.5 Å². The molecule has 1 aromatic carbocycles. The molecule has 0 aliphatic carbocycles. The molecule has 29 heavy (non-hydrogen) atoms. The first-order chi connectivity index (χ1) is 14.0. The quantitative estimate of drug-likeness (QED) is 0.524. The fraction of sp³-hybridized carbons (Fsp3) is 0.263. The van der Waals surface area contributed by atoms with E-state index in [1.165, 1.54) is 12.1 Å². The third kappa shape index (κ3) is 4.13. The van der Waals surface area contributed by atoms with Crippen molar-refractivity contribution in [2.75, 3.05) is 5.32 Å². The monoisotopic (exact) mass is 393 g/mol. The zero-order valence-corrected chi connectivity index (χ0v) is 15.8. The number of benzene rings is 1. The van der Waals surface area contributed by atoms with Crippen LogP contribution in [0.1, 0.15) is 30.1 Å². The fourth-order valence-corrected chi connectivity index (χ4v) is 3.24. The van der Waals surface area contributed by atoms with Crippen LogP contribution in [0.5, 0.6) is 5.75 Å². The first-order valence-corrected chi connectivity index (χ1v) is 9.34. The lowest BCUT2D eigenvalue weighted by Gasteiger charge is -2.19. The van der Waals surface area contributed by atoms with Crippen molar-refractivity contribution in [3.05, 3.63) is 48.3 Å². The molecule has 0 radical (unpaired) electrons. The average Bonchev–Trinajstić information content (AvgIpc) is 3.16. The number of rotatable bonds is 1. The third-order valence-corrected chi connectivity index (χ3v) is 4.72. The first kappa shape index (κ1) is 19.1. The highest BCUT2D eigenvalue weighted by molar-refractivity contribution is 6.58. The lowest BCUT2D eigenvalue weighted by Crippen LogP contribution is -2.31. The van der Waals surface area contributed by atoms with Crippen LogP contribution >= 0.6 is 0 Å². The number of aryl methyl sites for hydroxylation is 1. The van der Waals surface area contributed by atoms with Gasteiger partial charge in [0.25, 0.3) is 5.91 Å². The van der Waals surface area contributed by atoms with Crippen LogP contribution in [0.2, 0.25) is 0 Å². The number of ether oxygens (including phenoxy) is 1. The van der Waals surface area contributed by atoms with E-state index in [9.17, 15) is 14.8 Å². The van der Waals surface area contributed by atoms with Gasteiger partial charge < -0.3 is 24.7 Å². The van der Waals surface area contributed by atoms with E-state index in [1.54, 1.807) is 24.5 Å². The van der Waals surface area contributed by atoms with Gasteiger partial charge in [0, 0.05) is 6.54 Å². The fourth-order valence-electron chi connectivity index (χ4n) is 3.24. The van der Waals surface area contributed by atoms with E-state index < -0.39 is 13.0 Å². The van der Waals surface area contributed by atoms with Crippen molar-refractivity contribution in [3.63, 3.8) is 0 Å². The Hall–Kier alpha value is -3.24. The summed E-state index contributed by atoms with van der Waals surface area (Å²) in [5.74, 6) is 0.876. The lowest BCUT2D eigenvalue weighted by molar-refractivity contribution is 0.101. The number of carbonyl (C=O) groups is 1. The molecule has 0 unspecified atom stereocenters. The minimum Gasteiger partial charge on any atom is -0.490 e. The molecule has 0 spiro atoms. The largest absolute Gasteiger partial charge is 0.490 e. The summed E-state index contributed by atoms with van der Waals surface area (Å²) in [5, 5.41) is 29.8. The van der Waals surface area contributed by atoms with Gasteiger partial charge >= 0.3 is 7.12 Å². The molecule has 1 aliphatic rings. The van der Waals surface area contributed by atoms with Crippen molar-refractivity contribution >= 4 is 24.3 Å². The number of nitrogens with zero attached hydrogens (tertiary/aromatic N) is 4. The zero-order valence-electron chi connectivity index (χ0n) is 15.8. The van der Waals surface area contributed by atoms with Crippen LogP contribution < -0.4 is 15.5 Å². The predicted molar refractivity (Wildman–Crippen MR) is 107 cm³/mol. The summed E-state index contributed by atoms with van der Waals surface area (Å²) < 4.78 is 7.91. The molecule has 0 saturated heterocycles. The van der Waals surface area contributed by atoms with E-state index in [4.69, 9.17) is 4.74 Å². The van der Waals surface area contributed by atoms with Crippen LogP contribution in [-0.2, 0) is 6.54 Å². The molecular formula is C19H20BN5O4. The molecule has 3 N–H and O–H groups in total. The van der Waals surface area contributed by atoms with Gasteiger partial charge in [0.1, 0.15) is 23.6 Å². The predicted octanol–water partition coefficient (Wildman–Crippen LogP) is 0.833. The standard InChI is InChI=1S/C19H20BN5O4/c1-12-4-3-9-25-11-21-24-18(25)15-5-2-6-17(22-15)23-19(26)14-10-13(20(27)28)7-8-16(14)29-12/h2,5-8,10-12,27-28H,3-4,9H2,1H3,(H,22,23,26)/t12-/m0/s1. The second-order valence-corrected chi connectivity index (χ2v) is 6.91. The summed E-state index contributed by atoms with van der Waals surface area (Å²) in [4.78, 5) is 17.4. The topological polar surface area (TPSA) is 122 Å². The Labute approximate surface area is 167 Å². The Morgan fingerprint density at radius 1 is 1.28 bits per heavy atom. The second-order valence-electron chi connectivity index (χ2n) is 6.91. The third-order valence-electron chi connectivity index (χ3n) is 4.72. The van der Waals surface area contributed by atoms with Crippen molar-refractivity contribution in [1.82, 2.24) is 19.7 Å². The Morgan fingerprint density at radius 2 is 2.14 bits per heavy atom. The van der Waals surface area contributed by atoms with E-state index >= 15 is 0 Å². The Balaban J connectivity index is 1.76. The molecule has 1 aliphatic heterocycles. The summed E-state index contributed by atoms with van der Waals surface area (Å²) >= 11 is 0. The average molecular weight is 393 g/mol. The van der Waals surface area contributed by atoms with E-state index in [0.717, 1.165) is 12.8 Å². The number of aromatic nitrogens is 4. The summed E-state index contributed by atoms with van der Waals surface area (Å²) in [6.45, 7) is 2.64. The Kier molecular flexibility index (Phi) is 5.28. The molecule has 148 valence electrons. The van der Waals surface area contributed by atoms with Gasteiger partial charge in [-0.25, -0.2) is 4.98 Å². The number of hydrogen-bond donors (Lipinski definition) is 3. The van der Waals surface area contributed by atoms with Crippen LogP contribution in [0.3, 0.4) is 0 Å². The van der Waals surface area contributed by atoms with Crippen LogP contribution in [-0.4, -0.2) is 48.9 Å². The number of pyridine rings is 1. The van der Waals surface area contributed by atoms with Gasteiger partial charge in [-0.3, -0.25) is 4.79 Å². The molecule has 9 nitrogen and oxygen atoms in total. The molecule has 4 rings (SSSR count). The smallest absolute Gasteiger partial charge is 0.488 e. The number of nitrogens with one attached hydrogen (secondary N) is 1. The maximum absolute atomic E-state index is 12.9. The summed E-state index contributed by atoms with van der Waals surface area (Å²) in [7, 11) is -1.69. The highest BCUT2D eigenvalue weighted by Crippen LogP contribution is 2.23. The first-order valence-electron chi connectivity index (χ1n) is 9.34. The molecular weight excluding hydrogens is 373 g/mol. The van der Waals surface area contributed by atoms with Crippen molar-refractivity contribution in [2.24, 2.45) is 0 Å². The molecule has 0 saturated carbocycles. The van der Waals surface area contributed by atoms with Crippen LogP contribution in [0.4, 0.5) is 5.82 Å². The molecule has 0 fully saturated rings. The summed E-state index contributed by atoms with van der Waals surface area (Å²) in [6.07, 6.45) is 3.08. The highest BCUT2D eigenvalue weighted by atomic mass is 16.5. The molecule has 1 atom stereocenters. The van der Waals surface area contributed by atoms with E-state index in [1.807, 2.05) is 17.6 Å². The molecule has 1 amide bonds. The van der Waals surface area contributed by atoms with E-state index in [2.05, 4.69) is 20.5 Å². The van der Waals surface area contributed by atoms with Crippen molar-refractivity contribution in [3.8, 4) is 17.3 Å². The van der Waals surface area contributed by atoms with Crippen LogP contribution in [0.15, 0.2) is 42.7 Å². The highest BCUT2D eigenvalue weighted by Gasteiger charge is 2.21. The van der Waals surface area contributed by atoms with Crippen molar-refractivity contribution in [1.29, 1.82) is 0 Å². The van der Waals surface area contributed by atoms with Gasteiger partial charge in [0.2, 0.25) is 0 Å². The summed E-state index contributed by atoms with van der Waals surface area (Å²) in [5.41, 5.74) is 1.00. The molecule has 2 bridgehead atoms. The lowest BCUT2D eigenvalue weighted by atomic mass is 9.79. The Morgan fingerprint density at radius 3 is 2.97 bits per heavy atom. The van der Waals surface area contributed by atoms with Gasteiger partial charge in [-0.1, -0.05) is 12.1 Å². The van der Waals surface area contributed by atoms with Gasteiger partial charge in [0.05, 0.1) is 11.7 Å². The van der Waals surface area contributed by atoms with Crippen molar-refractivity contribution in [2.45, 2.75) is 32.4 Å². The van der Waals surface area contributed by atoms with Gasteiger partial charge in [-0.15, -0.1) is 10.2 Å². The minimum absolute atomic E-state index is 0.148. The molecule has 3 aromatic rings. The van der Waals surface area contributed by atoms with Crippen molar-refractivity contribution < 1.29 is 19.6 Å². The minimum atomic E-state index is -1.69. The molecule has 2 aromatic heterocycles. The Bertz CT molecular complexity index is 1040. The van der Waals surface area contributed by atoms with Gasteiger partial charge in [0.15, 0.2) is 5.82 Å². The normalized spacial score (nSPS) is 16.7. The maximum atomic E-state index is 12.9. The summed E-state index contributed by atoms with van der Waals surface area (Å²) in [6, 6.07) is 9.76. The number of carbonyl (C=O) groups excluding carboxylic acids is 1. The number of hydrogen-bond acceptors (Lipinski definition) is 7. The number of fused-ring (bicyclic) bond motifs is 5. The molecule has 3 heterocycles. The van der Waals surface area contributed by atoms with E-state index in [0.29, 0.717) is 29.6 Å². The maximum Gasteiger partial charge on any atom is 0.488 e. The number of amides is 1. The van der Waals surface area contributed by atoms with E-state index in [-0.39, 0.29) is 17.1 Å². The second kappa shape index (κ2) is 8.02. The van der Waals surface area contributed by atoms with Crippen LogP contribution in [0, 0.1) is 0 Å². The van der Waals surface area contributed by atoms with Gasteiger partial charge in [-0.05, 0) is 49.5 Å². The van der Waals surface area contributed by atoms with Gasteiger partial charge in [-0.2, -0.15) is 0 Å².